The second-order valence-electron chi connectivity index (χ2n) is 4.56. The first kappa shape index (κ1) is 14.7. The summed E-state index contributed by atoms with van der Waals surface area (Å²) in [4.78, 5) is 22.1. The number of halogens is 1. The van der Waals surface area contributed by atoms with Gasteiger partial charge in [-0.25, -0.2) is 9.18 Å². The number of rotatable bonds is 4. The molecule has 2 rings (SSSR count). The van der Waals surface area contributed by atoms with Crippen molar-refractivity contribution < 1.29 is 18.8 Å². The molecule has 1 aromatic carbocycles. The molecule has 2 aromatic rings. The van der Waals surface area contributed by atoms with Gasteiger partial charge in [0.05, 0.1) is 11.5 Å². The molecule has 0 fully saturated rings. The summed E-state index contributed by atoms with van der Waals surface area (Å²) in [6.07, 6.45) is 0. The Morgan fingerprint density at radius 1 is 1.38 bits per heavy atom. The Kier molecular flexibility index (Phi) is 4.02. The van der Waals surface area contributed by atoms with Crippen LogP contribution in [0.2, 0.25) is 0 Å². The van der Waals surface area contributed by atoms with Crippen LogP contribution in [-0.4, -0.2) is 16.6 Å². The fraction of sp³-hybridized carbons (Fsp3) is 0.214. The van der Waals surface area contributed by atoms with Crippen LogP contribution in [0.5, 0.6) is 5.75 Å². The van der Waals surface area contributed by atoms with E-state index in [9.17, 15) is 24.4 Å². The topological polar surface area (TPSA) is 93.6 Å². The normalized spacial score (nSPS) is 12.1. The minimum atomic E-state index is -1.02. The molecule has 0 saturated carbocycles. The van der Waals surface area contributed by atoms with Gasteiger partial charge < -0.3 is 9.52 Å². The van der Waals surface area contributed by atoms with Gasteiger partial charge >= 0.3 is 5.63 Å². The second-order valence-corrected chi connectivity index (χ2v) is 4.56. The predicted octanol–water partition coefficient (Wildman–Crippen LogP) is 2.20. The van der Waals surface area contributed by atoms with Crippen LogP contribution < -0.4 is 5.63 Å². The molecule has 0 aliphatic rings. The Hall–Kier alpha value is -2.70. The number of benzene rings is 1. The molecule has 1 aromatic heterocycles. The zero-order valence-corrected chi connectivity index (χ0v) is 11.1. The summed E-state index contributed by atoms with van der Waals surface area (Å²) >= 11 is 0. The van der Waals surface area contributed by atoms with E-state index >= 15 is 0 Å². The Balaban J connectivity index is 2.58. The standard InChI is InChI=1S/C14H12FNO5/c1-8-6-12(17)13(14(18)21-8)11(7-16(19)20)9-2-4-10(15)5-3-9/h2-6,11,17H,7H2,1H3/t11-/m0/s1. The van der Waals surface area contributed by atoms with E-state index in [1.165, 1.54) is 25.1 Å². The Morgan fingerprint density at radius 2 is 2.00 bits per heavy atom. The molecule has 0 spiro atoms. The molecular weight excluding hydrogens is 281 g/mol. The molecule has 0 radical (unpaired) electrons. The molecule has 110 valence electrons. The molecule has 1 heterocycles. The molecule has 1 atom stereocenters. The molecule has 6 nitrogen and oxygen atoms in total. The summed E-state index contributed by atoms with van der Waals surface area (Å²) in [7, 11) is 0. The fourth-order valence-corrected chi connectivity index (χ4v) is 2.13. The van der Waals surface area contributed by atoms with Gasteiger partial charge in [-0.2, -0.15) is 0 Å². The summed E-state index contributed by atoms with van der Waals surface area (Å²) in [6, 6.07) is 6.15. The number of hydrogen-bond donors (Lipinski definition) is 1. The number of nitro groups is 1. The summed E-state index contributed by atoms with van der Waals surface area (Å²) < 4.78 is 17.8. The van der Waals surface area contributed by atoms with E-state index in [0.29, 0.717) is 5.56 Å². The molecule has 1 N–H and O–H groups in total. The number of aromatic hydroxyl groups is 1. The molecule has 21 heavy (non-hydrogen) atoms. The van der Waals surface area contributed by atoms with E-state index in [-0.39, 0.29) is 17.1 Å². The van der Waals surface area contributed by atoms with Gasteiger partial charge in [-0.3, -0.25) is 10.1 Å². The lowest BCUT2D eigenvalue weighted by Gasteiger charge is -2.14. The molecule has 0 amide bonds. The lowest BCUT2D eigenvalue weighted by molar-refractivity contribution is -0.481. The first-order valence-corrected chi connectivity index (χ1v) is 6.09. The zero-order chi connectivity index (χ0) is 15.6. The van der Waals surface area contributed by atoms with Crippen molar-refractivity contribution in [3.05, 3.63) is 73.6 Å². The van der Waals surface area contributed by atoms with E-state index in [4.69, 9.17) is 4.42 Å². The van der Waals surface area contributed by atoms with Crippen LogP contribution in [0.15, 0.2) is 39.5 Å². The molecule has 0 saturated heterocycles. The van der Waals surface area contributed by atoms with Gasteiger partial charge in [0, 0.05) is 11.0 Å². The number of aryl methyl sites for hydroxylation is 1. The smallest absolute Gasteiger partial charge is 0.343 e. The van der Waals surface area contributed by atoms with Crippen molar-refractivity contribution in [2.45, 2.75) is 12.8 Å². The summed E-state index contributed by atoms with van der Waals surface area (Å²) in [6.45, 7) is 0.859. The van der Waals surface area contributed by atoms with Crippen LogP contribution in [0.3, 0.4) is 0 Å². The van der Waals surface area contributed by atoms with Crippen molar-refractivity contribution in [3.8, 4) is 5.75 Å². The van der Waals surface area contributed by atoms with E-state index in [1.54, 1.807) is 0 Å². The third kappa shape index (κ3) is 3.25. The monoisotopic (exact) mass is 293 g/mol. The predicted molar refractivity (Wildman–Crippen MR) is 71.5 cm³/mol. The van der Waals surface area contributed by atoms with Crippen molar-refractivity contribution in [1.82, 2.24) is 0 Å². The second kappa shape index (κ2) is 5.74. The van der Waals surface area contributed by atoms with Gasteiger partial charge in [0.2, 0.25) is 6.54 Å². The summed E-state index contributed by atoms with van der Waals surface area (Å²) in [5, 5.41) is 20.7. The lowest BCUT2D eigenvalue weighted by atomic mass is 9.91. The van der Waals surface area contributed by atoms with Crippen molar-refractivity contribution in [2.24, 2.45) is 0 Å². The minimum absolute atomic E-state index is 0.195. The molecule has 0 bridgehead atoms. The molecule has 0 aliphatic carbocycles. The van der Waals surface area contributed by atoms with Crippen molar-refractivity contribution >= 4 is 0 Å². The van der Waals surface area contributed by atoms with Crippen molar-refractivity contribution in [3.63, 3.8) is 0 Å². The number of nitrogens with zero attached hydrogens (tertiary/aromatic N) is 1. The van der Waals surface area contributed by atoms with Gasteiger partial charge in [0.15, 0.2) is 0 Å². The van der Waals surface area contributed by atoms with Gasteiger partial charge in [-0.1, -0.05) is 12.1 Å². The summed E-state index contributed by atoms with van der Waals surface area (Å²) in [5.41, 5.74) is -0.702. The molecule has 7 heteroatoms. The van der Waals surface area contributed by atoms with Crippen LogP contribution in [-0.2, 0) is 0 Å². The van der Waals surface area contributed by atoms with E-state index in [1.807, 2.05) is 0 Å². The van der Waals surface area contributed by atoms with Gasteiger partial charge in [-0.15, -0.1) is 0 Å². The van der Waals surface area contributed by atoms with E-state index in [0.717, 1.165) is 12.1 Å². The first-order valence-electron chi connectivity index (χ1n) is 6.09. The Bertz CT molecular complexity index is 723. The Labute approximate surface area is 118 Å². The van der Waals surface area contributed by atoms with Gasteiger partial charge in [-0.05, 0) is 24.6 Å². The molecular formula is C14H12FNO5. The van der Waals surface area contributed by atoms with Crippen LogP contribution >= 0.6 is 0 Å². The van der Waals surface area contributed by atoms with E-state index < -0.39 is 28.8 Å². The highest BCUT2D eigenvalue weighted by atomic mass is 19.1. The maximum absolute atomic E-state index is 13.0. The molecule has 0 aliphatic heterocycles. The maximum atomic E-state index is 13.0. The quantitative estimate of drug-likeness (QED) is 0.689. The van der Waals surface area contributed by atoms with Crippen LogP contribution in [0.25, 0.3) is 0 Å². The average Bonchev–Trinajstić information content (AvgIpc) is 2.37. The van der Waals surface area contributed by atoms with Crippen molar-refractivity contribution in [1.29, 1.82) is 0 Å². The summed E-state index contributed by atoms with van der Waals surface area (Å²) in [5.74, 6) is -1.70. The lowest BCUT2D eigenvalue weighted by Crippen LogP contribution is -2.21. The fourth-order valence-electron chi connectivity index (χ4n) is 2.13. The highest BCUT2D eigenvalue weighted by molar-refractivity contribution is 5.39. The minimum Gasteiger partial charge on any atom is -0.507 e. The third-order valence-corrected chi connectivity index (χ3v) is 3.04. The highest BCUT2D eigenvalue weighted by Gasteiger charge is 2.27. The maximum Gasteiger partial charge on any atom is 0.343 e. The van der Waals surface area contributed by atoms with Crippen LogP contribution in [0, 0.1) is 22.9 Å². The van der Waals surface area contributed by atoms with Gasteiger partial charge in [0.25, 0.3) is 0 Å². The third-order valence-electron chi connectivity index (χ3n) is 3.04. The van der Waals surface area contributed by atoms with E-state index in [2.05, 4.69) is 0 Å². The zero-order valence-electron chi connectivity index (χ0n) is 11.1. The number of hydrogen-bond acceptors (Lipinski definition) is 5. The first-order chi connectivity index (χ1) is 9.88. The van der Waals surface area contributed by atoms with Crippen molar-refractivity contribution in [2.75, 3.05) is 6.54 Å². The molecule has 0 unspecified atom stereocenters. The van der Waals surface area contributed by atoms with Gasteiger partial charge in [0.1, 0.15) is 17.3 Å². The Morgan fingerprint density at radius 3 is 2.52 bits per heavy atom. The highest BCUT2D eigenvalue weighted by Crippen LogP contribution is 2.29. The van der Waals surface area contributed by atoms with Crippen LogP contribution in [0.4, 0.5) is 4.39 Å². The largest absolute Gasteiger partial charge is 0.507 e. The van der Waals surface area contributed by atoms with Crippen LogP contribution in [0.1, 0.15) is 22.8 Å². The SMILES string of the molecule is Cc1cc(O)c([C@@H](C[N+](=O)[O-])c2ccc(F)cc2)c(=O)o1. The average molecular weight is 293 g/mol.